The van der Waals surface area contributed by atoms with Gasteiger partial charge in [-0.25, -0.2) is 0 Å². The van der Waals surface area contributed by atoms with E-state index in [0.29, 0.717) is 11.6 Å². The summed E-state index contributed by atoms with van der Waals surface area (Å²) in [7, 11) is 0. The Morgan fingerprint density at radius 2 is 1.80 bits per heavy atom. The highest BCUT2D eigenvalue weighted by Crippen LogP contribution is 2.27. The van der Waals surface area contributed by atoms with Crippen molar-refractivity contribution in [1.82, 2.24) is 0 Å². The molecule has 0 aliphatic carbocycles. The maximum atomic E-state index is 9.00. The first-order chi connectivity index (χ1) is 9.60. The Balaban J connectivity index is 2.10. The molecule has 1 atom stereocenters. The van der Waals surface area contributed by atoms with Crippen molar-refractivity contribution in [3.05, 3.63) is 64.2 Å². The Morgan fingerprint density at radius 1 is 1.15 bits per heavy atom. The molecule has 0 fully saturated rings. The second kappa shape index (κ2) is 6.75. The first kappa shape index (κ1) is 14.9. The monoisotopic (exact) mass is 291 g/mol. The molecule has 2 aromatic carbocycles. The molecule has 3 nitrogen and oxygen atoms in total. The standard InChI is InChI=1S/C16H18ClNO2/c1-11(18)15-8-14(17)6-7-16(15)20-10-13-4-2-12(9-19)3-5-13/h2-8,11,19H,9-10,18H2,1H3/t11-/m1/s1. The quantitative estimate of drug-likeness (QED) is 0.887. The molecule has 106 valence electrons. The van der Waals surface area contributed by atoms with E-state index >= 15 is 0 Å². The number of ether oxygens (including phenoxy) is 1. The second-order valence-corrected chi connectivity index (χ2v) is 5.17. The fraction of sp³-hybridized carbons (Fsp3) is 0.250. The van der Waals surface area contributed by atoms with Crippen LogP contribution in [0.1, 0.15) is 29.7 Å². The fourth-order valence-corrected chi connectivity index (χ4v) is 2.09. The van der Waals surface area contributed by atoms with E-state index in [-0.39, 0.29) is 12.6 Å². The van der Waals surface area contributed by atoms with Crippen molar-refractivity contribution in [2.75, 3.05) is 0 Å². The van der Waals surface area contributed by atoms with Crippen molar-refractivity contribution in [2.45, 2.75) is 26.2 Å². The molecule has 2 aromatic rings. The third kappa shape index (κ3) is 3.73. The zero-order chi connectivity index (χ0) is 14.5. The van der Waals surface area contributed by atoms with Crippen LogP contribution in [-0.2, 0) is 13.2 Å². The highest BCUT2D eigenvalue weighted by atomic mass is 35.5. The summed E-state index contributed by atoms with van der Waals surface area (Å²) in [4.78, 5) is 0. The van der Waals surface area contributed by atoms with E-state index in [1.807, 2.05) is 43.3 Å². The molecule has 0 saturated carbocycles. The normalized spacial score (nSPS) is 12.2. The Kier molecular flexibility index (Phi) is 5.01. The van der Waals surface area contributed by atoms with Gasteiger partial charge in [-0.05, 0) is 36.2 Å². The molecule has 0 spiro atoms. The van der Waals surface area contributed by atoms with Gasteiger partial charge in [0.2, 0.25) is 0 Å². The van der Waals surface area contributed by atoms with Crippen molar-refractivity contribution in [2.24, 2.45) is 5.73 Å². The predicted molar refractivity (Wildman–Crippen MR) is 80.8 cm³/mol. The van der Waals surface area contributed by atoms with Crippen molar-refractivity contribution in [3.63, 3.8) is 0 Å². The predicted octanol–water partition coefficient (Wildman–Crippen LogP) is 3.43. The summed E-state index contributed by atoms with van der Waals surface area (Å²) in [6, 6.07) is 13.0. The lowest BCUT2D eigenvalue weighted by Crippen LogP contribution is -2.08. The highest BCUT2D eigenvalue weighted by Gasteiger charge is 2.09. The minimum atomic E-state index is -0.138. The van der Waals surface area contributed by atoms with Crippen LogP contribution in [0, 0.1) is 0 Å². The molecule has 0 heterocycles. The van der Waals surface area contributed by atoms with Crippen molar-refractivity contribution in [1.29, 1.82) is 0 Å². The van der Waals surface area contributed by atoms with Gasteiger partial charge in [0.05, 0.1) is 6.61 Å². The van der Waals surface area contributed by atoms with Gasteiger partial charge in [0.15, 0.2) is 0 Å². The number of rotatable bonds is 5. The number of hydrogen-bond donors (Lipinski definition) is 2. The van der Waals surface area contributed by atoms with Crippen LogP contribution in [0.5, 0.6) is 5.75 Å². The number of aliphatic hydroxyl groups excluding tert-OH is 1. The third-order valence-electron chi connectivity index (χ3n) is 3.06. The van der Waals surface area contributed by atoms with E-state index in [1.54, 1.807) is 6.07 Å². The molecule has 0 amide bonds. The van der Waals surface area contributed by atoms with Crippen molar-refractivity contribution in [3.8, 4) is 5.75 Å². The van der Waals surface area contributed by atoms with Gasteiger partial charge in [-0.1, -0.05) is 35.9 Å². The van der Waals surface area contributed by atoms with Crippen LogP contribution >= 0.6 is 11.6 Å². The molecule has 0 unspecified atom stereocenters. The molecule has 0 aliphatic heterocycles. The molecule has 0 saturated heterocycles. The van der Waals surface area contributed by atoms with Crippen molar-refractivity contribution < 1.29 is 9.84 Å². The topological polar surface area (TPSA) is 55.5 Å². The van der Waals surface area contributed by atoms with Crippen molar-refractivity contribution >= 4 is 11.6 Å². The largest absolute Gasteiger partial charge is 0.489 e. The minimum absolute atomic E-state index is 0.0488. The number of aliphatic hydroxyl groups is 1. The van der Waals surface area contributed by atoms with E-state index in [4.69, 9.17) is 27.2 Å². The van der Waals surface area contributed by atoms with E-state index in [2.05, 4.69) is 0 Å². The summed E-state index contributed by atoms with van der Waals surface area (Å²) in [6.45, 7) is 2.40. The lowest BCUT2D eigenvalue weighted by molar-refractivity contribution is 0.281. The summed E-state index contributed by atoms with van der Waals surface area (Å²) < 4.78 is 5.81. The number of nitrogens with two attached hydrogens (primary N) is 1. The van der Waals surface area contributed by atoms with Crippen LogP contribution in [-0.4, -0.2) is 5.11 Å². The summed E-state index contributed by atoms with van der Waals surface area (Å²) in [5.41, 5.74) is 8.74. The minimum Gasteiger partial charge on any atom is -0.489 e. The van der Waals surface area contributed by atoms with Crippen LogP contribution in [0.2, 0.25) is 5.02 Å². The maximum absolute atomic E-state index is 9.00. The van der Waals surface area contributed by atoms with Gasteiger partial charge in [0.25, 0.3) is 0 Å². The average molecular weight is 292 g/mol. The van der Waals surface area contributed by atoms with Gasteiger partial charge >= 0.3 is 0 Å². The smallest absolute Gasteiger partial charge is 0.124 e. The van der Waals surface area contributed by atoms with Crippen LogP contribution in [0.15, 0.2) is 42.5 Å². The Hall–Kier alpha value is -1.55. The van der Waals surface area contributed by atoms with E-state index in [9.17, 15) is 0 Å². The first-order valence-electron chi connectivity index (χ1n) is 6.46. The van der Waals surface area contributed by atoms with Gasteiger partial charge in [-0.2, -0.15) is 0 Å². The van der Waals surface area contributed by atoms with Gasteiger partial charge in [-0.3, -0.25) is 0 Å². The number of hydrogen-bond acceptors (Lipinski definition) is 3. The molecular weight excluding hydrogens is 274 g/mol. The van der Waals surface area contributed by atoms with Crippen LogP contribution in [0.4, 0.5) is 0 Å². The maximum Gasteiger partial charge on any atom is 0.124 e. The average Bonchev–Trinajstić information content (AvgIpc) is 2.46. The molecule has 0 aromatic heterocycles. The Labute approximate surface area is 123 Å². The summed E-state index contributed by atoms with van der Waals surface area (Å²) in [6.07, 6.45) is 0. The van der Waals surface area contributed by atoms with Crippen LogP contribution in [0.25, 0.3) is 0 Å². The third-order valence-corrected chi connectivity index (χ3v) is 3.30. The zero-order valence-electron chi connectivity index (χ0n) is 11.3. The SMILES string of the molecule is C[C@@H](N)c1cc(Cl)ccc1OCc1ccc(CO)cc1. The van der Waals surface area contributed by atoms with E-state index in [1.165, 1.54) is 0 Å². The van der Waals surface area contributed by atoms with E-state index in [0.717, 1.165) is 22.4 Å². The molecule has 20 heavy (non-hydrogen) atoms. The van der Waals surface area contributed by atoms with Gasteiger partial charge < -0.3 is 15.6 Å². The van der Waals surface area contributed by atoms with Gasteiger partial charge in [0.1, 0.15) is 12.4 Å². The Bertz CT molecular complexity index is 567. The zero-order valence-corrected chi connectivity index (χ0v) is 12.1. The molecule has 0 radical (unpaired) electrons. The lowest BCUT2D eigenvalue weighted by Gasteiger charge is -2.14. The summed E-state index contributed by atoms with van der Waals surface area (Å²) in [5.74, 6) is 0.746. The lowest BCUT2D eigenvalue weighted by atomic mass is 10.1. The van der Waals surface area contributed by atoms with E-state index < -0.39 is 0 Å². The molecule has 0 aliphatic rings. The molecular formula is C16H18ClNO2. The molecule has 4 heteroatoms. The first-order valence-corrected chi connectivity index (χ1v) is 6.84. The molecule has 0 bridgehead atoms. The summed E-state index contributed by atoms with van der Waals surface area (Å²) in [5, 5.41) is 9.65. The second-order valence-electron chi connectivity index (χ2n) is 4.73. The molecule has 3 N–H and O–H groups in total. The van der Waals surface area contributed by atoms with Crippen LogP contribution < -0.4 is 10.5 Å². The fourth-order valence-electron chi connectivity index (χ4n) is 1.91. The molecule has 2 rings (SSSR count). The Morgan fingerprint density at radius 3 is 2.40 bits per heavy atom. The summed E-state index contributed by atoms with van der Waals surface area (Å²) >= 11 is 5.98. The van der Waals surface area contributed by atoms with Gasteiger partial charge in [0, 0.05) is 16.6 Å². The highest BCUT2D eigenvalue weighted by molar-refractivity contribution is 6.30. The number of halogens is 1. The number of benzene rings is 2. The van der Waals surface area contributed by atoms with Crippen LogP contribution in [0.3, 0.4) is 0 Å². The van der Waals surface area contributed by atoms with Gasteiger partial charge in [-0.15, -0.1) is 0 Å².